The molecule has 6 nitrogen and oxygen atoms in total. The molecule has 152 valence electrons. The van der Waals surface area contributed by atoms with Crippen molar-refractivity contribution in [3.05, 3.63) is 40.4 Å². The monoisotopic (exact) mass is 410 g/mol. The molecule has 1 aromatic carbocycles. The van der Waals surface area contributed by atoms with Crippen molar-refractivity contribution in [3.63, 3.8) is 0 Å². The molecule has 1 heterocycles. The second kappa shape index (κ2) is 9.68. The summed E-state index contributed by atoms with van der Waals surface area (Å²) in [7, 11) is 0. The van der Waals surface area contributed by atoms with E-state index in [0.29, 0.717) is 5.13 Å². The van der Waals surface area contributed by atoms with Crippen LogP contribution in [0.4, 0.5) is 13.9 Å². The highest BCUT2D eigenvalue weighted by atomic mass is 32.1. The Morgan fingerprint density at radius 1 is 1.11 bits per heavy atom. The van der Waals surface area contributed by atoms with Gasteiger partial charge in [0, 0.05) is 5.92 Å². The van der Waals surface area contributed by atoms with Gasteiger partial charge in [0.15, 0.2) is 0 Å². The zero-order chi connectivity index (χ0) is 20.8. The molecule has 0 radical (unpaired) electrons. The largest absolute Gasteiger partial charge is 0.340 e. The van der Waals surface area contributed by atoms with Gasteiger partial charge in [-0.05, 0) is 30.9 Å². The van der Waals surface area contributed by atoms with E-state index in [1.165, 1.54) is 17.4 Å². The minimum absolute atomic E-state index is 0.271. The number of hydrogen-bond acceptors (Lipinski definition) is 5. The summed E-state index contributed by atoms with van der Waals surface area (Å²) in [4.78, 5) is 25.0. The molecule has 0 fully saturated rings. The van der Waals surface area contributed by atoms with Gasteiger partial charge in [-0.1, -0.05) is 45.1 Å². The lowest BCUT2D eigenvalue weighted by atomic mass is 10.0. The van der Waals surface area contributed by atoms with Gasteiger partial charge in [0.25, 0.3) is 5.91 Å². The van der Waals surface area contributed by atoms with Crippen LogP contribution in [0.2, 0.25) is 0 Å². The Kier molecular flexibility index (Phi) is 7.56. The van der Waals surface area contributed by atoms with Crippen molar-refractivity contribution in [2.24, 2.45) is 5.92 Å². The zero-order valence-electron chi connectivity index (χ0n) is 16.3. The van der Waals surface area contributed by atoms with Crippen LogP contribution in [-0.4, -0.2) is 28.1 Å². The number of hydrogen-bond donors (Lipinski definition) is 2. The Morgan fingerprint density at radius 2 is 1.71 bits per heavy atom. The smallest absolute Gasteiger partial charge is 0.257 e. The predicted octanol–water partition coefficient (Wildman–Crippen LogP) is 4.11. The molecule has 0 saturated carbocycles. The third-order valence-corrected chi connectivity index (χ3v) is 5.43. The third kappa shape index (κ3) is 5.09. The molecule has 9 heteroatoms. The summed E-state index contributed by atoms with van der Waals surface area (Å²) in [5.74, 6) is -3.52. The number of anilines is 1. The van der Waals surface area contributed by atoms with E-state index in [1.807, 2.05) is 0 Å². The van der Waals surface area contributed by atoms with Crippen LogP contribution in [0.5, 0.6) is 0 Å². The molecular weight excluding hydrogens is 386 g/mol. The molecule has 2 amide bonds. The molecule has 0 spiro atoms. The second-order valence-electron chi connectivity index (χ2n) is 6.74. The number of nitrogens with one attached hydrogen (secondary N) is 2. The van der Waals surface area contributed by atoms with E-state index in [2.05, 4.69) is 34.7 Å². The minimum Gasteiger partial charge on any atom is -0.340 e. The SMILES string of the molecule is CCC(CC)c1nnc(NC(=O)C(NC(=O)c2c(F)cccc2F)C(C)C)s1. The molecule has 0 aliphatic carbocycles. The highest BCUT2D eigenvalue weighted by molar-refractivity contribution is 7.15. The van der Waals surface area contributed by atoms with Crippen LogP contribution >= 0.6 is 11.3 Å². The standard InChI is InChI=1S/C19H24F2N4O2S/c1-5-11(6-2)18-24-25-19(28-18)23-17(27)15(10(3)4)22-16(26)14-12(20)8-7-9-13(14)21/h7-11,15H,5-6H2,1-4H3,(H,22,26)(H,23,25,27). The van der Waals surface area contributed by atoms with Gasteiger partial charge in [-0.3, -0.25) is 14.9 Å². The van der Waals surface area contributed by atoms with Crippen LogP contribution in [-0.2, 0) is 4.79 Å². The van der Waals surface area contributed by atoms with E-state index in [0.717, 1.165) is 30.0 Å². The molecule has 2 aromatic rings. The fourth-order valence-electron chi connectivity index (χ4n) is 2.73. The van der Waals surface area contributed by atoms with Crippen molar-refractivity contribution < 1.29 is 18.4 Å². The number of halogens is 2. The minimum atomic E-state index is -0.994. The number of rotatable bonds is 8. The van der Waals surface area contributed by atoms with Crippen LogP contribution in [0, 0.1) is 17.6 Å². The van der Waals surface area contributed by atoms with Gasteiger partial charge in [0.1, 0.15) is 28.2 Å². The highest BCUT2D eigenvalue weighted by Gasteiger charge is 2.28. The van der Waals surface area contributed by atoms with Crippen LogP contribution in [0.3, 0.4) is 0 Å². The van der Waals surface area contributed by atoms with E-state index in [1.54, 1.807) is 13.8 Å². The van der Waals surface area contributed by atoms with Gasteiger partial charge in [0.2, 0.25) is 11.0 Å². The van der Waals surface area contributed by atoms with Gasteiger partial charge in [0.05, 0.1) is 0 Å². The summed E-state index contributed by atoms with van der Waals surface area (Å²) in [6.07, 6.45) is 1.83. The lowest BCUT2D eigenvalue weighted by molar-refractivity contribution is -0.118. The predicted molar refractivity (Wildman–Crippen MR) is 104 cm³/mol. The molecule has 1 unspecified atom stereocenters. The summed E-state index contributed by atoms with van der Waals surface area (Å²) in [5, 5.41) is 14.3. The number of aromatic nitrogens is 2. The summed E-state index contributed by atoms with van der Waals surface area (Å²) in [6, 6.07) is 2.15. The molecule has 1 aromatic heterocycles. The summed E-state index contributed by atoms with van der Waals surface area (Å²) in [6.45, 7) is 7.55. The number of benzene rings is 1. The quantitative estimate of drug-likeness (QED) is 0.686. The molecule has 0 bridgehead atoms. The van der Waals surface area contributed by atoms with Gasteiger partial charge >= 0.3 is 0 Å². The van der Waals surface area contributed by atoms with Crippen molar-refractivity contribution in [2.75, 3.05) is 5.32 Å². The van der Waals surface area contributed by atoms with Crippen LogP contribution in [0.1, 0.15) is 61.8 Å². The Labute approximate surface area is 166 Å². The zero-order valence-corrected chi connectivity index (χ0v) is 17.1. The maximum absolute atomic E-state index is 13.8. The summed E-state index contributed by atoms with van der Waals surface area (Å²) >= 11 is 1.28. The summed E-state index contributed by atoms with van der Waals surface area (Å²) in [5.41, 5.74) is -0.715. The van der Waals surface area contributed by atoms with Crippen LogP contribution < -0.4 is 10.6 Å². The average molecular weight is 410 g/mol. The normalized spacial score (nSPS) is 12.3. The first kappa shape index (κ1) is 21.9. The first-order valence-electron chi connectivity index (χ1n) is 9.17. The van der Waals surface area contributed by atoms with E-state index in [-0.39, 0.29) is 11.8 Å². The number of nitrogens with zero attached hydrogens (tertiary/aromatic N) is 2. The number of amides is 2. The third-order valence-electron chi connectivity index (χ3n) is 4.43. The highest BCUT2D eigenvalue weighted by Crippen LogP contribution is 2.28. The van der Waals surface area contributed by atoms with Crippen molar-refractivity contribution in [2.45, 2.75) is 52.5 Å². The molecule has 0 saturated heterocycles. The fraction of sp³-hybridized carbons (Fsp3) is 0.474. The first-order valence-corrected chi connectivity index (χ1v) is 9.99. The molecule has 0 aliphatic rings. The van der Waals surface area contributed by atoms with Gasteiger partial charge in [-0.2, -0.15) is 0 Å². The lowest BCUT2D eigenvalue weighted by Gasteiger charge is -2.21. The Bertz CT molecular complexity index is 817. The molecule has 0 aliphatic heterocycles. The number of carbonyl (C=O) groups is 2. The molecular formula is C19H24F2N4O2S. The van der Waals surface area contributed by atoms with Crippen molar-refractivity contribution >= 4 is 28.3 Å². The summed E-state index contributed by atoms with van der Waals surface area (Å²) < 4.78 is 27.7. The van der Waals surface area contributed by atoms with Crippen molar-refractivity contribution in [3.8, 4) is 0 Å². The van der Waals surface area contributed by atoms with Crippen molar-refractivity contribution in [1.29, 1.82) is 0 Å². The van der Waals surface area contributed by atoms with E-state index in [9.17, 15) is 18.4 Å². The van der Waals surface area contributed by atoms with Crippen LogP contribution in [0.15, 0.2) is 18.2 Å². The Balaban J connectivity index is 2.13. The number of carbonyl (C=O) groups excluding carboxylic acids is 2. The first-order chi connectivity index (χ1) is 13.3. The maximum Gasteiger partial charge on any atom is 0.257 e. The fourth-order valence-corrected chi connectivity index (χ4v) is 3.75. The van der Waals surface area contributed by atoms with E-state index in [4.69, 9.17) is 0 Å². The molecule has 1 atom stereocenters. The van der Waals surface area contributed by atoms with E-state index >= 15 is 0 Å². The molecule has 2 rings (SSSR count). The Hall–Kier alpha value is -2.42. The lowest BCUT2D eigenvalue weighted by Crippen LogP contribution is -2.47. The Morgan fingerprint density at radius 3 is 2.25 bits per heavy atom. The second-order valence-corrected chi connectivity index (χ2v) is 7.75. The molecule has 2 N–H and O–H groups in total. The maximum atomic E-state index is 13.8. The van der Waals surface area contributed by atoms with Gasteiger partial charge < -0.3 is 5.32 Å². The average Bonchev–Trinajstić information content (AvgIpc) is 3.08. The van der Waals surface area contributed by atoms with Crippen LogP contribution in [0.25, 0.3) is 0 Å². The van der Waals surface area contributed by atoms with Gasteiger partial charge in [-0.15, -0.1) is 10.2 Å². The van der Waals surface area contributed by atoms with Crippen molar-refractivity contribution in [1.82, 2.24) is 15.5 Å². The molecule has 28 heavy (non-hydrogen) atoms. The topological polar surface area (TPSA) is 84.0 Å². The van der Waals surface area contributed by atoms with E-state index < -0.39 is 35.1 Å². The van der Waals surface area contributed by atoms with Gasteiger partial charge in [-0.25, -0.2) is 8.78 Å².